The van der Waals surface area contributed by atoms with Gasteiger partial charge >= 0.3 is 0 Å². The molecular weight excluding hydrogens is 224 g/mol. The average molecular weight is 245 g/mol. The Bertz CT molecular complexity index is 187. The molecule has 0 aromatic carbocycles. The molecule has 0 N–H and O–H groups in total. The first kappa shape index (κ1) is 10.0. The molecule has 2 rings (SSSR count). The smallest absolute Gasteiger partial charge is 0.00704 e. The lowest BCUT2D eigenvalue weighted by molar-refractivity contribution is 0.333. The molecule has 0 aromatic rings. The molecule has 2 fully saturated rings. The highest BCUT2D eigenvalue weighted by atomic mass is 79.9. The standard InChI is InChI=1S/C12H21Br/c1-11(2)10(9-13)12(11)7-5-3-4-6-8-12/h10H,3-9H2,1-2H3. The first-order chi connectivity index (χ1) is 6.15. The Morgan fingerprint density at radius 1 is 1.08 bits per heavy atom. The molecule has 2 saturated carbocycles. The van der Waals surface area contributed by atoms with E-state index in [0.717, 1.165) is 11.3 Å². The van der Waals surface area contributed by atoms with E-state index in [2.05, 4.69) is 29.8 Å². The summed E-state index contributed by atoms with van der Waals surface area (Å²) in [6, 6.07) is 0. The molecule has 1 atom stereocenters. The van der Waals surface area contributed by atoms with Crippen molar-refractivity contribution in [2.45, 2.75) is 52.4 Å². The van der Waals surface area contributed by atoms with Crippen LogP contribution in [0, 0.1) is 16.7 Å². The second-order valence-electron chi connectivity index (χ2n) is 5.50. The fourth-order valence-corrected chi connectivity index (χ4v) is 5.18. The maximum atomic E-state index is 3.69. The van der Waals surface area contributed by atoms with Gasteiger partial charge in [0.25, 0.3) is 0 Å². The maximum Gasteiger partial charge on any atom is 0.00704 e. The van der Waals surface area contributed by atoms with E-state index in [1.165, 1.54) is 43.9 Å². The summed E-state index contributed by atoms with van der Waals surface area (Å²) in [6.45, 7) is 4.95. The molecule has 0 aromatic heterocycles. The van der Waals surface area contributed by atoms with E-state index in [-0.39, 0.29) is 0 Å². The predicted molar refractivity (Wildman–Crippen MR) is 61.2 cm³/mol. The van der Waals surface area contributed by atoms with Crippen molar-refractivity contribution in [1.29, 1.82) is 0 Å². The Balaban J connectivity index is 2.12. The van der Waals surface area contributed by atoms with Crippen LogP contribution in [0.5, 0.6) is 0 Å². The molecule has 0 amide bonds. The number of halogens is 1. The van der Waals surface area contributed by atoms with Crippen LogP contribution < -0.4 is 0 Å². The molecular formula is C12H21Br. The third-order valence-corrected chi connectivity index (χ3v) is 5.54. The highest BCUT2D eigenvalue weighted by Gasteiger charge is 2.68. The summed E-state index contributed by atoms with van der Waals surface area (Å²) >= 11 is 3.69. The lowest BCUT2D eigenvalue weighted by Gasteiger charge is -2.17. The van der Waals surface area contributed by atoms with Crippen LogP contribution >= 0.6 is 15.9 Å². The molecule has 1 unspecified atom stereocenters. The van der Waals surface area contributed by atoms with Crippen LogP contribution in [0.25, 0.3) is 0 Å². The fraction of sp³-hybridized carbons (Fsp3) is 1.00. The molecule has 0 aliphatic heterocycles. The van der Waals surface area contributed by atoms with Crippen molar-refractivity contribution in [3.05, 3.63) is 0 Å². The second kappa shape index (κ2) is 3.25. The van der Waals surface area contributed by atoms with Gasteiger partial charge < -0.3 is 0 Å². The minimum Gasteiger partial charge on any atom is -0.0925 e. The summed E-state index contributed by atoms with van der Waals surface area (Å²) in [6.07, 6.45) is 8.91. The van der Waals surface area contributed by atoms with Gasteiger partial charge in [-0.05, 0) is 29.6 Å². The van der Waals surface area contributed by atoms with Crippen LogP contribution in [0.15, 0.2) is 0 Å². The van der Waals surface area contributed by atoms with Gasteiger partial charge in [-0.1, -0.05) is 55.5 Å². The van der Waals surface area contributed by atoms with Crippen LogP contribution in [-0.2, 0) is 0 Å². The van der Waals surface area contributed by atoms with Gasteiger partial charge in [0, 0.05) is 5.33 Å². The third kappa shape index (κ3) is 1.30. The SMILES string of the molecule is CC1(C)C(CBr)C12CCCCCC2. The van der Waals surface area contributed by atoms with Crippen molar-refractivity contribution in [2.24, 2.45) is 16.7 Å². The van der Waals surface area contributed by atoms with Crippen LogP contribution in [-0.4, -0.2) is 5.33 Å². The largest absolute Gasteiger partial charge is 0.0925 e. The monoisotopic (exact) mass is 244 g/mol. The van der Waals surface area contributed by atoms with Gasteiger partial charge in [0.1, 0.15) is 0 Å². The second-order valence-corrected chi connectivity index (χ2v) is 6.15. The third-order valence-electron chi connectivity index (χ3n) is 4.89. The molecule has 0 saturated heterocycles. The summed E-state index contributed by atoms with van der Waals surface area (Å²) < 4.78 is 0. The van der Waals surface area contributed by atoms with Crippen molar-refractivity contribution in [3.8, 4) is 0 Å². The summed E-state index contributed by atoms with van der Waals surface area (Å²) in [5.74, 6) is 0.957. The highest BCUT2D eigenvalue weighted by molar-refractivity contribution is 9.09. The zero-order valence-corrected chi connectivity index (χ0v) is 10.5. The Labute approximate surface area is 90.6 Å². The van der Waals surface area contributed by atoms with Gasteiger partial charge in [-0.3, -0.25) is 0 Å². The van der Waals surface area contributed by atoms with E-state index in [0.29, 0.717) is 5.41 Å². The lowest BCUT2D eigenvalue weighted by atomic mass is 9.88. The minimum absolute atomic E-state index is 0.626. The van der Waals surface area contributed by atoms with Crippen molar-refractivity contribution in [1.82, 2.24) is 0 Å². The topological polar surface area (TPSA) is 0 Å². The van der Waals surface area contributed by atoms with Crippen molar-refractivity contribution in [3.63, 3.8) is 0 Å². The normalized spacial score (nSPS) is 35.8. The lowest BCUT2D eigenvalue weighted by Crippen LogP contribution is -2.07. The Morgan fingerprint density at radius 3 is 2.00 bits per heavy atom. The molecule has 76 valence electrons. The Hall–Kier alpha value is 0.480. The van der Waals surface area contributed by atoms with E-state index >= 15 is 0 Å². The molecule has 0 radical (unpaired) electrons. The first-order valence-corrected chi connectivity index (χ1v) is 6.83. The van der Waals surface area contributed by atoms with Gasteiger partial charge in [0.05, 0.1) is 0 Å². The van der Waals surface area contributed by atoms with Crippen LogP contribution in [0.3, 0.4) is 0 Å². The van der Waals surface area contributed by atoms with Crippen molar-refractivity contribution in [2.75, 3.05) is 5.33 Å². The molecule has 0 heterocycles. The Morgan fingerprint density at radius 2 is 1.62 bits per heavy atom. The molecule has 0 bridgehead atoms. The van der Waals surface area contributed by atoms with E-state index < -0.39 is 0 Å². The fourth-order valence-electron chi connectivity index (χ4n) is 3.75. The van der Waals surface area contributed by atoms with Gasteiger partial charge in [-0.2, -0.15) is 0 Å². The van der Waals surface area contributed by atoms with Crippen molar-refractivity contribution < 1.29 is 0 Å². The van der Waals surface area contributed by atoms with Gasteiger partial charge in [-0.15, -0.1) is 0 Å². The summed E-state index contributed by atoms with van der Waals surface area (Å²) in [5.41, 5.74) is 1.36. The summed E-state index contributed by atoms with van der Waals surface area (Å²) in [4.78, 5) is 0. The summed E-state index contributed by atoms with van der Waals surface area (Å²) in [5, 5.41) is 1.22. The Kier molecular flexibility index (Phi) is 2.51. The van der Waals surface area contributed by atoms with E-state index in [9.17, 15) is 0 Å². The van der Waals surface area contributed by atoms with Gasteiger partial charge in [0.2, 0.25) is 0 Å². The van der Waals surface area contributed by atoms with E-state index in [1.54, 1.807) is 0 Å². The predicted octanol–water partition coefficient (Wildman–Crippen LogP) is 4.38. The highest BCUT2D eigenvalue weighted by Crippen LogP contribution is 2.74. The number of hydrogen-bond acceptors (Lipinski definition) is 0. The molecule has 2 aliphatic rings. The van der Waals surface area contributed by atoms with Crippen LogP contribution in [0.1, 0.15) is 52.4 Å². The molecule has 1 spiro atoms. The van der Waals surface area contributed by atoms with E-state index in [1.807, 2.05) is 0 Å². The number of alkyl halides is 1. The first-order valence-electron chi connectivity index (χ1n) is 5.71. The zero-order chi connectivity index (χ0) is 9.53. The molecule has 1 heteroatoms. The summed E-state index contributed by atoms with van der Waals surface area (Å²) in [7, 11) is 0. The van der Waals surface area contributed by atoms with E-state index in [4.69, 9.17) is 0 Å². The average Bonchev–Trinajstić information content (AvgIpc) is 2.66. The molecule has 2 aliphatic carbocycles. The number of rotatable bonds is 1. The van der Waals surface area contributed by atoms with Gasteiger partial charge in [0.15, 0.2) is 0 Å². The van der Waals surface area contributed by atoms with Gasteiger partial charge in [-0.25, -0.2) is 0 Å². The van der Waals surface area contributed by atoms with Crippen molar-refractivity contribution >= 4 is 15.9 Å². The minimum atomic E-state index is 0.626. The molecule has 13 heavy (non-hydrogen) atoms. The quantitative estimate of drug-likeness (QED) is 0.601. The molecule has 0 nitrogen and oxygen atoms in total. The number of hydrogen-bond donors (Lipinski definition) is 0. The van der Waals surface area contributed by atoms with Crippen LogP contribution in [0.2, 0.25) is 0 Å². The zero-order valence-electron chi connectivity index (χ0n) is 8.91. The van der Waals surface area contributed by atoms with Crippen LogP contribution in [0.4, 0.5) is 0 Å². The maximum absolute atomic E-state index is 3.69.